The maximum Gasteiger partial charge on any atom is 0.232 e. The second kappa shape index (κ2) is 5.80. The fourth-order valence-electron chi connectivity index (χ4n) is 1.59. The van der Waals surface area contributed by atoms with E-state index in [0.717, 1.165) is 11.1 Å². The van der Waals surface area contributed by atoms with Crippen LogP contribution in [0.1, 0.15) is 11.1 Å². The van der Waals surface area contributed by atoms with Gasteiger partial charge in [0.15, 0.2) is 0 Å². The quantitative estimate of drug-likeness (QED) is 0.828. The van der Waals surface area contributed by atoms with Crippen LogP contribution in [0.5, 0.6) is 0 Å². The van der Waals surface area contributed by atoms with Gasteiger partial charge in [0, 0.05) is 0 Å². The molecule has 0 N–H and O–H groups in total. The molecule has 0 heterocycles. The van der Waals surface area contributed by atoms with Crippen LogP contribution in [0.15, 0.2) is 60.7 Å². The minimum Gasteiger partial charge on any atom is -0.211 e. The first-order valence-corrected chi connectivity index (χ1v) is 7.26. The van der Waals surface area contributed by atoms with Crippen molar-refractivity contribution in [2.45, 2.75) is 12.3 Å². The molecule has 0 unspecified atom stereocenters. The van der Waals surface area contributed by atoms with E-state index in [-0.39, 0.29) is 12.3 Å². The summed E-state index contributed by atoms with van der Waals surface area (Å²) in [7, 11) is -3.41. The van der Waals surface area contributed by atoms with E-state index in [9.17, 15) is 8.42 Å². The van der Waals surface area contributed by atoms with Gasteiger partial charge in [0.1, 0.15) is 0 Å². The zero-order chi connectivity index (χ0) is 12.8. The Bertz CT molecular complexity index is 580. The van der Waals surface area contributed by atoms with Gasteiger partial charge in [0.25, 0.3) is 0 Å². The summed E-state index contributed by atoms with van der Waals surface area (Å²) in [4.78, 5) is 0. The molecule has 0 bridgehead atoms. The van der Waals surface area contributed by atoms with E-state index in [4.69, 9.17) is 0 Å². The van der Waals surface area contributed by atoms with Gasteiger partial charge < -0.3 is 0 Å². The lowest BCUT2D eigenvalue weighted by Crippen LogP contribution is -2.17. The summed E-state index contributed by atoms with van der Waals surface area (Å²) < 4.78 is 27.4. The second-order valence-corrected chi connectivity index (χ2v) is 5.70. The van der Waals surface area contributed by atoms with Gasteiger partial charge in [-0.1, -0.05) is 60.7 Å². The summed E-state index contributed by atoms with van der Waals surface area (Å²) >= 11 is 0. The largest absolute Gasteiger partial charge is 0.232 e. The molecule has 18 heavy (non-hydrogen) atoms. The topological polar surface area (TPSA) is 48.2 Å². The Morgan fingerprint density at radius 3 is 1.83 bits per heavy atom. The van der Waals surface area contributed by atoms with Crippen LogP contribution in [-0.4, -0.2) is 8.42 Å². The number of hydrogen-bond acceptors (Lipinski definition) is 2. The molecule has 2 aromatic rings. The van der Waals surface area contributed by atoms with Crippen LogP contribution in [0.25, 0.3) is 0 Å². The first kappa shape index (κ1) is 12.8. The van der Waals surface area contributed by atoms with Crippen molar-refractivity contribution in [1.29, 1.82) is 0 Å². The molecule has 0 saturated carbocycles. The Balaban J connectivity index is 1.96. The van der Waals surface area contributed by atoms with Crippen LogP contribution < -0.4 is 4.72 Å². The molecule has 0 atom stereocenters. The highest BCUT2D eigenvalue weighted by Crippen LogP contribution is 2.06. The van der Waals surface area contributed by atoms with Crippen LogP contribution >= 0.6 is 0 Å². The lowest BCUT2D eigenvalue weighted by molar-refractivity contribution is 0.579. The number of sulfonamides is 1. The Kier molecular flexibility index (Phi) is 4.12. The number of rotatable bonds is 5. The molecule has 4 heteroatoms. The molecule has 0 saturated heterocycles. The van der Waals surface area contributed by atoms with Gasteiger partial charge in [0.2, 0.25) is 10.0 Å². The standard InChI is InChI=1S/C14H14NO2S/c16-18(17,12-14-9-5-2-6-10-14)15-11-13-7-3-1-4-8-13/h1-10H,11-12H2. The second-order valence-electron chi connectivity index (χ2n) is 3.98. The SMILES string of the molecule is O=S(=O)(Cc1ccccc1)[N]Cc1ccccc1. The van der Waals surface area contributed by atoms with E-state index < -0.39 is 10.0 Å². The zero-order valence-corrected chi connectivity index (χ0v) is 10.7. The van der Waals surface area contributed by atoms with E-state index >= 15 is 0 Å². The maximum absolute atomic E-state index is 11.8. The lowest BCUT2D eigenvalue weighted by atomic mass is 10.2. The van der Waals surface area contributed by atoms with Crippen LogP contribution in [0.4, 0.5) is 0 Å². The average Bonchev–Trinajstić information content (AvgIpc) is 2.38. The Morgan fingerprint density at radius 1 is 0.778 bits per heavy atom. The predicted octanol–water partition coefficient (Wildman–Crippen LogP) is 2.32. The molecule has 0 fully saturated rings. The zero-order valence-electron chi connectivity index (χ0n) is 9.86. The number of benzene rings is 2. The third kappa shape index (κ3) is 3.98. The van der Waals surface area contributed by atoms with E-state index in [2.05, 4.69) is 4.72 Å². The van der Waals surface area contributed by atoms with Gasteiger partial charge in [-0.05, 0) is 11.1 Å². The van der Waals surface area contributed by atoms with Gasteiger partial charge in [-0.15, -0.1) is 4.72 Å². The molecule has 0 aromatic heterocycles. The van der Waals surface area contributed by atoms with Crippen molar-refractivity contribution in [2.24, 2.45) is 0 Å². The minimum absolute atomic E-state index is 0.0410. The van der Waals surface area contributed by atoms with E-state index in [1.54, 1.807) is 12.1 Å². The Hall–Kier alpha value is -1.65. The van der Waals surface area contributed by atoms with E-state index in [1.807, 2.05) is 48.5 Å². The highest BCUT2D eigenvalue weighted by molar-refractivity contribution is 7.88. The molecule has 1 radical (unpaired) electrons. The molecular formula is C14H14NO2S. The molecule has 0 aliphatic carbocycles. The average molecular weight is 260 g/mol. The first-order chi connectivity index (χ1) is 8.66. The molecule has 0 amide bonds. The van der Waals surface area contributed by atoms with Gasteiger partial charge in [-0.2, -0.15) is 0 Å². The van der Waals surface area contributed by atoms with Gasteiger partial charge in [0.05, 0.1) is 12.3 Å². The smallest absolute Gasteiger partial charge is 0.211 e. The summed E-state index contributed by atoms with van der Waals surface area (Å²) in [6, 6.07) is 18.4. The highest BCUT2D eigenvalue weighted by Gasteiger charge is 2.12. The minimum atomic E-state index is -3.41. The van der Waals surface area contributed by atoms with Crippen molar-refractivity contribution >= 4 is 10.0 Å². The summed E-state index contributed by atoms with van der Waals surface area (Å²) in [5, 5.41) is 0. The molecule has 3 nitrogen and oxygen atoms in total. The van der Waals surface area contributed by atoms with Crippen molar-refractivity contribution in [2.75, 3.05) is 0 Å². The summed E-state index contributed by atoms with van der Waals surface area (Å²) in [5.41, 5.74) is 1.66. The molecule has 0 aliphatic rings. The number of hydrogen-bond donors (Lipinski definition) is 0. The van der Waals surface area contributed by atoms with Crippen LogP contribution in [0, 0.1) is 0 Å². The van der Waals surface area contributed by atoms with Crippen molar-refractivity contribution in [3.05, 3.63) is 71.8 Å². The van der Waals surface area contributed by atoms with Crippen LogP contribution in [0.3, 0.4) is 0 Å². The van der Waals surface area contributed by atoms with Crippen molar-refractivity contribution in [3.8, 4) is 0 Å². The summed E-state index contributed by atoms with van der Waals surface area (Å²) in [6.45, 7) is 0.204. The summed E-state index contributed by atoms with van der Waals surface area (Å²) in [6.07, 6.45) is 0. The van der Waals surface area contributed by atoms with Crippen LogP contribution in [0.2, 0.25) is 0 Å². The summed E-state index contributed by atoms with van der Waals surface area (Å²) in [5.74, 6) is -0.0410. The number of nitrogens with zero attached hydrogens (tertiary/aromatic N) is 1. The van der Waals surface area contributed by atoms with Crippen molar-refractivity contribution in [1.82, 2.24) is 4.72 Å². The molecule has 93 valence electrons. The Morgan fingerprint density at radius 2 is 1.28 bits per heavy atom. The van der Waals surface area contributed by atoms with E-state index in [0.29, 0.717) is 0 Å². The fraction of sp³-hybridized carbons (Fsp3) is 0.143. The lowest BCUT2D eigenvalue weighted by Gasteiger charge is -2.04. The molecular weight excluding hydrogens is 246 g/mol. The molecule has 2 aromatic carbocycles. The maximum atomic E-state index is 11.8. The normalized spacial score (nSPS) is 11.3. The van der Waals surface area contributed by atoms with Crippen LogP contribution in [-0.2, 0) is 22.3 Å². The fourth-order valence-corrected chi connectivity index (χ4v) is 2.64. The van der Waals surface area contributed by atoms with E-state index in [1.165, 1.54) is 0 Å². The Labute approximate surface area is 108 Å². The predicted molar refractivity (Wildman–Crippen MR) is 71.3 cm³/mol. The highest BCUT2D eigenvalue weighted by atomic mass is 32.2. The molecule has 0 aliphatic heterocycles. The third-order valence-electron chi connectivity index (χ3n) is 2.48. The molecule has 2 rings (SSSR count). The first-order valence-electron chi connectivity index (χ1n) is 5.65. The third-order valence-corrected chi connectivity index (χ3v) is 3.70. The van der Waals surface area contributed by atoms with Gasteiger partial charge in [-0.25, -0.2) is 8.42 Å². The molecule has 0 spiro atoms. The van der Waals surface area contributed by atoms with Crippen molar-refractivity contribution in [3.63, 3.8) is 0 Å². The van der Waals surface area contributed by atoms with Gasteiger partial charge in [-0.3, -0.25) is 0 Å². The monoisotopic (exact) mass is 260 g/mol. The van der Waals surface area contributed by atoms with Gasteiger partial charge >= 0.3 is 0 Å². The van der Waals surface area contributed by atoms with Crippen molar-refractivity contribution < 1.29 is 8.42 Å².